The summed E-state index contributed by atoms with van der Waals surface area (Å²) in [5.41, 5.74) is -0.0962. The first-order valence-electron chi connectivity index (χ1n) is 16.9. The largest absolute Gasteiger partial charge is 0.480 e. The minimum absolute atomic E-state index is 0.00491. The highest BCUT2D eigenvalue weighted by Gasteiger charge is 2.46. The van der Waals surface area contributed by atoms with Gasteiger partial charge in [0.05, 0.1) is 18.9 Å². The Morgan fingerprint density at radius 1 is 0.795 bits per heavy atom. The van der Waals surface area contributed by atoms with Crippen molar-refractivity contribution in [2.75, 3.05) is 6.54 Å². The molecule has 3 saturated carbocycles. The summed E-state index contributed by atoms with van der Waals surface area (Å²) in [4.78, 5) is 55.2. The summed E-state index contributed by atoms with van der Waals surface area (Å²) in [5.74, 6) is -0.539. The molecule has 3 heterocycles. The molecule has 2 bridgehead atoms. The van der Waals surface area contributed by atoms with Crippen molar-refractivity contribution in [1.29, 1.82) is 0 Å². The number of nitrogens with zero attached hydrogens (tertiary/aromatic N) is 2. The van der Waals surface area contributed by atoms with E-state index in [2.05, 4.69) is 0 Å². The maximum absolute atomic E-state index is 14.2. The SMILES string of the molecule is O=C1C[C@@H](C2CCCC2)C(=O)N2C[C@@H](C[C@H]2C(=O)O)Oc2cc3ccccc3c(=O)n2CC2CC2CCC[C@@H]2CCC[C@H]2O1. The number of pyridine rings is 1. The third-order valence-electron chi connectivity index (χ3n) is 11.3. The molecule has 5 aliphatic rings. The van der Waals surface area contributed by atoms with Crippen LogP contribution in [0.4, 0.5) is 0 Å². The van der Waals surface area contributed by atoms with Crippen molar-refractivity contribution in [1.82, 2.24) is 9.47 Å². The molecule has 1 N–H and O–H groups in total. The Morgan fingerprint density at radius 2 is 1.52 bits per heavy atom. The van der Waals surface area contributed by atoms with Gasteiger partial charge in [0.25, 0.3) is 5.56 Å². The van der Waals surface area contributed by atoms with Crippen LogP contribution in [0.25, 0.3) is 10.8 Å². The third-order valence-corrected chi connectivity index (χ3v) is 11.3. The lowest BCUT2D eigenvalue weighted by molar-refractivity contribution is -0.157. The number of ether oxygens (including phenoxy) is 2. The lowest BCUT2D eigenvalue weighted by Gasteiger charge is -2.30. The molecule has 2 aromatic rings. The molecule has 4 fully saturated rings. The van der Waals surface area contributed by atoms with Gasteiger partial charge in [0.15, 0.2) is 5.88 Å². The smallest absolute Gasteiger partial charge is 0.326 e. The van der Waals surface area contributed by atoms with Gasteiger partial charge < -0.3 is 19.5 Å². The summed E-state index contributed by atoms with van der Waals surface area (Å²) in [5, 5.41) is 11.6. The zero-order valence-corrected chi connectivity index (χ0v) is 25.4. The third kappa shape index (κ3) is 5.86. The van der Waals surface area contributed by atoms with E-state index in [0.717, 1.165) is 76.0 Å². The predicted octanol–water partition coefficient (Wildman–Crippen LogP) is 5.16. The van der Waals surface area contributed by atoms with Crippen LogP contribution in [-0.4, -0.2) is 57.2 Å². The number of benzene rings is 1. The molecule has 1 aromatic heterocycles. The highest BCUT2D eigenvalue weighted by Crippen LogP contribution is 2.45. The molecule has 0 radical (unpaired) electrons. The molecular weight excluding hydrogens is 560 g/mol. The van der Waals surface area contributed by atoms with Gasteiger partial charge in [0.1, 0.15) is 18.2 Å². The van der Waals surface area contributed by atoms with Gasteiger partial charge in [-0.2, -0.15) is 0 Å². The predicted molar refractivity (Wildman–Crippen MR) is 163 cm³/mol. The van der Waals surface area contributed by atoms with Crippen molar-refractivity contribution in [3.8, 4) is 5.88 Å². The van der Waals surface area contributed by atoms with Crippen molar-refractivity contribution in [3.05, 3.63) is 40.7 Å². The summed E-state index contributed by atoms with van der Waals surface area (Å²) < 4.78 is 14.3. The second-order valence-electron chi connectivity index (χ2n) is 14.1. The van der Waals surface area contributed by atoms with Gasteiger partial charge in [-0.1, -0.05) is 43.9 Å². The zero-order valence-electron chi connectivity index (χ0n) is 25.4. The second-order valence-corrected chi connectivity index (χ2v) is 14.1. The second kappa shape index (κ2) is 12.2. The van der Waals surface area contributed by atoms with E-state index in [1.807, 2.05) is 30.3 Å². The number of carboxylic acids is 1. The van der Waals surface area contributed by atoms with Crippen LogP contribution >= 0.6 is 0 Å². The summed E-state index contributed by atoms with van der Waals surface area (Å²) >= 11 is 0. The Bertz CT molecular complexity index is 1480. The lowest BCUT2D eigenvalue weighted by atomic mass is 9.86. The van der Waals surface area contributed by atoms with E-state index in [1.165, 1.54) is 4.90 Å². The van der Waals surface area contributed by atoms with Gasteiger partial charge >= 0.3 is 11.9 Å². The number of carboxylic acid groups (broad SMARTS) is 1. The normalized spacial score (nSPS) is 33.4. The van der Waals surface area contributed by atoms with Crippen LogP contribution in [0.3, 0.4) is 0 Å². The Kier molecular flexibility index (Phi) is 8.14. The van der Waals surface area contributed by atoms with E-state index in [4.69, 9.17) is 9.47 Å². The first-order chi connectivity index (χ1) is 21.4. The highest BCUT2D eigenvalue weighted by atomic mass is 16.5. The average molecular weight is 605 g/mol. The fourth-order valence-electron chi connectivity index (χ4n) is 8.75. The minimum Gasteiger partial charge on any atom is -0.480 e. The summed E-state index contributed by atoms with van der Waals surface area (Å²) in [6, 6.07) is 8.31. The van der Waals surface area contributed by atoms with Crippen LogP contribution in [0.1, 0.15) is 83.5 Å². The first-order valence-corrected chi connectivity index (χ1v) is 16.9. The maximum Gasteiger partial charge on any atom is 0.326 e. The number of carbonyl (C=O) groups excluding carboxylic acids is 2. The summed E-state index contributed by atoms with van der Waals surface area (Å²) in [6.45, 7) is 0.667. The fourth-order valence-corrected chi connectivity index (χ4v) is 8.75. The Morgan fingerprint density at radius 3 is 2.32 bits per heavy atom. The van der Waals surface area contributed by atoms with Crippen LogP contribution < -0.4 is 10.3 Å². The number of hydrogen-bond acceptors (Lipinski definition) is 6. The average Bonchev–Trinajstić information content (AvgIpc) is 3.41. The van der Waals surface area contributed by atoms with Gasteiger partial charge in [-0.05, 0) is 80.1 Å². The van der Waals surface area contributed by atoms with Crippen molar-refractivity contribution in [2.45, 2.75) is 108 Å². The molecule has 9 nitrogen and oxygen atoms in total. The van der Waals surface area contributed by atoms with Crippen molar-refractivity contribution < 1.29 is 29.0 Å². The minimum atomic E-state index is -1.08. The molecule has 0 spiro atoms. The van der Waals surface area contributed by atoms with E-state index in [0.29, 0.717) is 35.6 Å². The first kappa shape index (κ1) is 29.4. The summed E-state index contributed by atoms with van der Waals surface area (Å²) in [6.07, 6.45) is 10.4. The maximum atomic E-state index is 14.2. The molecule has 3 aliphatic carbocycles. The Balaban J connectivity index is 1.23. The van der Waals surface area contributed by atoms with Crippen LogP contribution in [0.2, 0.25) is 0 Å². The molecule has 2 aliphatic heterocycles. The standard InChI is InChI=1S/C35H44N2O7/c38-32-18-28(21-7-1-2-8-21)34(40)36-20-26(17-29(36)35(41)42)43-31-16-24-9-3-4-13-27(24)33(39)37(31)19-25-15-23(25)12-5-10-22-11-6-14-30(22)44-32/h3-4,9,13,16,21-23,25-26,28-30H,1-2,5-8,10-12,14-15,17-20H2,(H,41,42)/t22-,23?,25?,26-,28+,29+,30-/m1/s1. The molecule has 1 saturated heterocycles. The monoisotopic (exact) mass is 604 g/mol. The quantitative estimate of drug-likeness (QED) is 0.471. The van der Waals surface area contributed by atoms with Gasteiger partial charge in [0, 0.05) is 24.4 Å². The van der Waals surface area contributed by atoms with E-state index in [-0.39, 0.29) is 48.8 Å². The molecule has 7 rings (SSSR count). The number of rotatable bonds is 2. The Labute approximate surface area is 257 Å². The number of aromatic nitrogens is 1. The van der Waals surface area contributed by atoms with Crippen molar-refractivity contribution >= 4 is 28.6 Å². The lowest BCUT2D eigenvalue weighted by Crippen LogP contribution is -2.46. The number of amides is 1. The topological polar surface area (TPSA) is 115 Å². The molecule has 2 unspecified atom stereocenters. The van der Waals surface area contributed by atoms with E-state index in [9.17, 15) is 24.3 Å². The summed E-state index contributed by atoms with van der Waals surface area (Å²) in [7, 11) is 0. The molecular formula is C35H44N2O7. The molecule has 236 valence electrons. The number of carbonyl (C=O) groups is 3. The van der Waals surface area contributed by atoms with E-state index < -0.39 is 24.0 Å². The number of aliphatic carboxylic acids is 1. The van der Waals surface area contributed by atoms with Crippen LogP contribution in [0.15, 0.2) is 35.1 Å². The van der Waals surface area contributed by atoms with Gasteiger partial charge in [-0.25, -0.2) is 4.79 Å². The fraction of sp³-hybridized carbons (Fsp3) is 0.657. The van der Waals surface area contributed by atoms with E-state index in [1.54, 1.807) is 4.57 Å². The van der Waals surface area contributed by atoms with Crippen LogP contribution in [0.5, 0.6) is 5.88 Å². The highest BCUT2D eigenvalue weighted by molar-refractivity contribution is 5.88. The van der Waals surface area contributed by atoms with Crippen LogP contribution in [-0.2, 0) is 25.7 Å². The molecule has 9 heteroatoms. The number of fused-ring (bicyclic) bond motifs is 6. The number of hydrogen-bond donors (Lipinski definition) is 1. The zero-order chi connectivity index (χ0) is 30.4. The molecule has 1 amide bonds. The molecule has 1 aromatic carbocycles. The molecule has 7 atom stereocenters. The van der Waals surface area contributed by atoms with Gasteiger partial charge in [-0.3, -0.25) is 19.0 Å². The Hall–Kier alpha value is -3.36. The van der Waals surface area contributed by atoms with Crippen molar-refractivity contribution in [3.63, 3.8) is 0 Å². The van der Waals surface area contributed by atoms with Crippen LogP contribution in [0, 0.1) is 29.6 Å². The van der Waals surface area contributed by atoms with Crippen molar-refractivity contribution in [2.24, 2.45) is 29.6 Å². The van der Waals surface area contributed by atoms with Gasteiger partial charge in [-0.15, -0.1) is 0 Å². The number of esters is 1. The molecule has 44 heavy (non-hydrogen) atoms. The van der Waals surface area contributed by atoms with E-state index >= 15 is 0 Å². The van der Waals surface area contributed by atoms with Gasteiger partial charge in [0.2, 0.25) is 5.91 Å².